The summed E-state index contributed by atoms with van der Waals surface area (Å²) in [5, 5.41) is 0. The van der Waals surface area contributed by atoms with Crippen molar-refractivity contribution in [3.05, 3.63) is 35.9 Å². The molecular formula is C17H23NO4S. The van der Waals surface area contributed by atoms with E-state index in [1.165, 1.54) is 4.90 Å². The Morgan fingerprint density at radius 1 is 1.26 bits per heavy atom. The highest BCUT2D eigenvalue weighted by Gasteiger charge is 2.49. The fourth-order valence-electron chi connectivity index (χ4n) is 2.63. The van der Waals surface area contributed by atoms with Crippen molar-refractivity contribution < 1.29 is 18.5 Å². The Morgan fingerprint density at radius 3 is 2.39 bits per heavy atom. The molecule has 0 radical (unpaired) electrons. The first-order chi connectivity index (χ1) is 10.7. The first kappa shape index (κ1) is 17.7. The third kappa shape index (κ3) is 3.99. The zero-order valence-corrected chi connectivity index (χ0v) is 14.8. The van der Waals surface area contributed by atoms with Gasteiger partial charge in [0.15, 0.2) is 6.23 Å². The molecule has 1 amide bonds. The summed E-state index contributed by atoms with van der Waals surface area (Å²) >= 11 is 0. The van der Waals surface area contributed by atoms with Crippen LogP contribution in [0.3, 0.4) is 0 Å². The largest absolute Gasteiger partial charge is 0.439 e. The van der Waals surface area contributed by atoms with E-state index in [0.29, 0.717) is 17.7 Å². The van der Waals surface area contributed by atoms with Gasteiger partial charge < -0.3 is 4.74 Å². The predicted octanol–water partition coefficient (Wildman–Crippen LogP) is 2.19. The minimum Gasteiger partial charge on any atom is -0.439 e. The summed E-state index contributed by atoms with van der Waals surface area (Å²) < 4.78 is 16.9. The number of carbonyl (C=O) groups is 2. The summed E-state index contributed by atoms with van der Waals surface area (Å²) in [6, 6.07) is 8.17. The number of hydrogen-bond acceptors (Lipinski definition) is 4. The third-order valence-electron chi connectivity index (χ3n) is 3.76. The number of carbonyl (C=O) groups excluding carboxylic acids is 2. The highest BCUT2D eigenvalue weighted by molar-refractivity contribution is 7.84. The topological polar surface area (TPSA) is 63.7 Å². The quantitative estimate of drug-likeness (QED) is 0.790. The fourth-order valence-corrected chi connectivity index (χ4v) is 3.18. The zero-order valence-electron chi connectivity index (χ0n) is 13.9. The molecule has 3 atom stereocenters. The summed E-state index contributed by atoms with van der Waals surface area (Å²) in [6.07, 6.45) is 1.30. The van der Waals surface area contributed by atoms with Gasteiger partial charge in [0.05, 0.1) is 0 Å². The van der Waals surface area contributed by atoms with Gasteiger partial charge in [-0.1, -0.05) is 39.0 Å². The highest BCUT2D eigenvalue weighted by atomic mass is 32.2. The summed E-state index contributed by atoms with van der Waals surface area (Å²) in [7, 11) is -1.03. The molecule has 126 valence electrons. The molecule has 0 bridgehead atoms. The average Bonchev–Trinajstić information content (AvgIpc) is 2.82. The molecule has 2 rings (SSSR count). The molecule has 0 saturated carbocycles. The number of hydrogen-bond donors (Lipinski definition) is 0. The van der Waals surface area contributed by atoms with E-state index in [2.05, 4.69) is 0 Å². The van der Waals surface area contributed by atoms with Crippen LogP contribution in [0.5, 0.6) is 0 Å². The van der Waals surface area contributed by atoms with Gasteiger partial charge in [-0.25, -0.2) is 4.79 Å². The summed E-state index contributed by atoms with van der Waals surface area (Å²) in [5.41, 5.74) is 0.114. The molecule has 23 heavy (non-hydrogen) atoms. The SMILES string of the molecule is C[S@](=O)CC[C@@H]1C(=O)O[C@@H](C(C)(C)C)N1C(=O)c1ccccc1. The van der Waals surface area contributed by atoms with Crippen LogP contribution in [0, 0.1) is 5.41 Å². The number of rotatable bonds is 4. The summed E-state index contributed by atoms with van der Waals surface area (Å²) in [6.45, 7) is 5.78. The number of benzene rings is 1. The zero-order chi connectivity index (χ0) is 17.2. The molecule has 1 fully saturated rings. The number of cyclic esters (lactones) is 1. The van der Waals surface area contributed by atoms with E-state index >= 15 is 0 Å². The maximum Gasteiger partial charge on any atom is 0.330 e. The molecule has 0 unspecified atom stereocenters. The van der Waals surface area contributed by atoms with Gasteiger partial charge in [-0.15, -0.1) is 0 Å². The van der Waals surface area contributed by atoms with E-state index in [0.717, 1.165) is 0 Å². The van der Waals surface area contributed by atoms with Crippen molar-refractivity contribution in [3.63, 3.8) is 0 Å². The molecule has 1 aliphatic heterocycles. The van der Waals surface area contributed by atoms with Crippen LogP contribution >= 0.6 is 0 Å². The van der Waals surface area contributed by atoms with Crippen LogP contribution in [0.4, 0.5) is 0 Å². The smallest absolute Gasteiger partial charge is 0.330 e. The van der Waals surface area contributed by atoms with Crippen molar-refractivity contribution >= 4 is 22.7 Å². The van der Waals surface area contributed by atoms with E-state index in [4.69, 9.17) is 4.74 Å². The molecule has 6 heteroatoms. The van der Waals surface area contributed by atoms with Crippen LogP contribution in [0.1, 0.15) is 37.6 Å². The monoisotopic (exact) mass is 337 g/mol. The maximum absolute atomic E-state index is 12.9. The number of amides is 1. The molecular weight excluding hydrogens is 314 g/mol. The van der Waals surface area contributed by atoms with Crippen molar-refractivity contribution in [1.29, 1.82) is 0 Å². The van der Waals surface area contributed by atoms with Crippen LogP contribution < -0.4 is 0 Å². The van der Waals surface area contributed by atoms with Gasteiger partial charge in [0.2, 0.25) is 0 Å². The van der Waals surface area contributed by atoms with E-state index in [9.17, 15) is 13.8 Å². The molecule has 1 saturated heterocycles. The van der Waals surface area contributed by atoms with Gasteiger partial charge in [-0.05, 0) is 18.6 Å². The van der Waals surface area contributed by atoms with Gasteiger partial charge in [-0.3, -0.25) is 13.9 Å². The normalized spacial score (nSPS) is 22.8. The molecule has 1 aromatic carbocycles. The second-order valence-electron chi connectivity index (χ2n) is 6.82. The maximum atomic E-state index is 12.9. The van der Waals surface area contributed by atoms with Crippen molar-refractivity contribution in [2.75, 3.05) is 12.0 Å². The van der Waals surface area contributed by atoms with E-state index in [1.807, 2.05) is 26.8 Å². The molecule has 0 spiro atoms. The minimum absolute atomic E-state index is 0.233. The van der Waals surface area contributed by atoms with Crippen LogP contribution in [0.15, 0.2) is 30.3 Å². The van der Waals surface area contributed by atoms with E-state index < -0.39 is 34.5 Å². The Hall–Kier alpha value is -1.69. The Kier molecular flexibility index (Phi) is 5.24. The van der Waals surface area contributed by atoms with Gasteiger partial charge in [0.1, 0.15) is 6.04 Å². The molecule has 0 aromatic heterocycles. The fraction of sp³-hybridized carbons (Fsp3) is 0.529. The van der Waals surface area contributed by atoms with Crippen molar-refractivity contribution in [2.24, 2.45) is 5.41 Å². The van der Waals surface area contributed by atoms with Gasteiger partial charge in [-0.2, -0.15) is 0 Å². The Bertz CT molecular complexity index is 609. The van der Waals surface area contributed by atoms with E-state index in [1.54, 1.807) is 30.5 Å². The molecule has 1 heterocycles. The average molecular weight is 337 g/mol. The number of esters is 1. The van der Waals surface area contributed by atoms with Crippen LogP contribution in [0.25, 0.3) is 0 Å². The Morgan fingerprint density at radius 2 is 1.87 bits per heavy atom. The Labute approximate surface area is 139 Å². The molecule has 0 N–H and O–H groups in total. The third-order valence-corrected chi connectivity index (χ3v) is 4.57. The lowest BCUT2D eigenvalue weighted by Gasteiger charge is -2.34. The lowest BCUT2D eigenvalue weighted by atomic mass is 9.92. The number of ether oxygens (including phenoxy) is 1. The predicted molar refractivity (Wildman–Crippen MR) is 89.3 cm³/mol. The first-order valence-electron chi connectivity index (χ1n) is 7.60. The minimum atomic E-state index is -1.03. The first-order valence-corrected chi connectivity index (χ1v) is 9.33. The second kappa shape index (κ2) is 6.83. The molecule has 5 nitrogen and oxygen atoms in total. The second-order valence-corrected chi connectivity index (χ2v) is 8.37. The van der Waals surface area contributed by atoms with Crippen LogP contribution in [0.2, 0.25) is 0 Å². The molecule has 1 aromatic rings. The lowest BCUT2D eigenvalue weighted by molar-refractivity contribution is -0.147. The molecule has 0 aliphatic carbocycles. The molecule has 1 aliphatic rings. The standard InChI is InChI=1S/C17H23NO4S/c1-17(2,3)16-18(14(19)12-8-6-5-7-9-12)13(15(20)22-16)10-11-23(4)21/h5-9,13,16H,10-11H2,1-4H3/t13-,16+,23+/m1/s1. The van der Waals surface area contributed by atoms with Gasteiger partial charge in [0.25, 0.3) is 5.91 Å². The Balaban J connectivity index is 2.35. The van der Waals surface area contributed by atoms with Crippen LogP contribution in [-0.2, 0) is 20.3 Å². The van der Waals surface area contributed by atoms with Gasteiger partial charge >= 0.3 is 5.97 Å². The lowest BCUT2D eigenvalue weighted by Crippen LogP contribution is -2.48. The van der Waals surface area contributed by atoms with Crippen LogP contribution in [-0.4, -0.2) is 45.3 Å². The summed E-state index contributed by atoms with van der Waals surface area (Å²) in [5.74, 6) is -0.294. The van der Waals surface area contributed by atoms with Crippen molar-refractivity contribution in [2.45, 2.75) is 39.5 Å². The highest BCUT2D eigenvalue weighted by Crippen LogP contribution is 2.34. The summed E-state index contributed by atoms with van der Waals surface area (Å²) in [4.78, 5) is 26.7. The van der Waals surface area contributed by atoms with Gasteiger partial charge in [0, 0.05) is 33.8 Å². The van der Waals surface area contributed by atoms with E-state index in [-0.39, 0.29) is 5.91 Å². The number of nitrogens with zero attached hydrogens (tertiary/aromatic N) is 1. The van der Waals surface area contributed by atoms with Crippen molar-refractivity contribution in [3.8, 4) is 0 Å². The van der Waals surface area contributed by atoms with Crippen molar-refractivity contribution in [1.82, 2.24) is 4.90 Å².